The summed E-state index contributed by atoms with van der Waals surface area (Å²) >= 11 is 1.58. The molecular formula is C21H26N2O2S. The van der Waals surface area contributed by atoms with E-state index in [1.165, 1.54) is 37.8 Å². The van der Waals surface area contributed by atoms with E-state index in [1.54, 1.807) is 11.8 Å². The maximum absolute atomic E-state index is 12.7. The van der Waals surface area contributed by atoms with E-state index >= 15 is 0 Å². The zero-order valence-corrected chi connectivity index (χ0v) is 16.4. The van der Waals surface area contributed by atoms with Crippen LogP contribution in [0.25, 0.3) is 0 Å². The van der Waals surface area contributed by atoms with Gasteiger partial charge in [-0.3, -0.25) is 4.79 Å². The maximum Gasteiger partial charge on any atom is 0.173 e. The summed E-state index contributed by atoms with van der Waals surface area (Å²) in [5, 5.41) is 1.00. The summed E-state index contributed by atoms with van der Waals surface area (Å²) in [4.78, 5) is 17.5. The minimum Gasteiger partial charge on any atom is -0.493 e. The van der Waals surface area contributed by atoms with Gasteiger partial charge in [-0.25, -0.2) is 4.98 Å². The monoisotopic (exact) mass is 370 g/mol. The molecule has 1 fully saturated rings. The highest BCUT2D eigenvalue weighted by atomic mass is 32.2. The number of carbonyl (C=O) groups excluding carboxylic acids is 1. The van der Waals surface area contributed by atoms with Crippen molar-refractivity contribution in [3.63, 3.8) is 0 Å². The van der Waals surface area contributed by atoms with Crippen molar-refractivity contribution in [1.29, 1.82) is 0 Å². The standard InChI is InChI=1S/C21H26N2O2S/c1-14-15(2)23(18-6-4-3-5-7-18)21(22-14)26-13-19(24)16-8-9-20-17(12-16)10-11-25-20/h8-9,12,18H,3-7,10-11,13H2,1-2H3. The van der Waals surface area contributed by atoms with Crippen LogP contribution in [0, 0.1) is 13.8 Å². The molecule has 0 radical (unpaired) electrons. The molecule has 2 aromatic rings. The number of fused-ring (bicyclic) bond motifs is 1. The van der Waals surface area contributed by atoms with Crippen molar-refractivity contribution < 1.29 is 9.53 Å². The van der Waals surface area contributed by atoms with Gasteiger partial charge in [-0.05, 0) is 50.5 Å². The molecule has 1 aliphatic heterocycles. The topological polar surface area (TPSA) is 44.1 Å². The van der Waals surface area contributed by atoms with E-state index in [1.807, 2.05) is 18.2 Å². The van der Waals surface area contributed by atoms with E-state index in [0.717, 1.165) is 40.8 Å². The summed E-state index contributed by atoms with van der Waals surface area (Å²) < 4.78 is 7.92. The number of hydrogen-bond donors (Lipinski definition) is 0. The molecule has 0 atom stereocenters. The summed E-state index contributed by atoms with van der Waals surface area (Å²) in [6, 6.07) is 6.35. The van der Waals surface area contributed by atoms with Crippen molar-refractivity contribution in [2.24, 2.45) is 0 Å². The third-order valence-electron chi connectivity index (χ3n) is 5.64. The molecule has 4 rings (SSSR count). The van der Waals surface area contributed by atoms with Gasteiger partial charge in [-0.1, -0.05) is 31.0 Å². The lowest BCUT2D eigenvalue weighted by Crippen LogP contribution is -2.15. The van der Waals surface area contributed by atoms with Gasteiger partial charge in [0.2, 0.25) is 0 Å². The first-order chi connectivity index (χ1) is 12.6. The Kier molecular flexibility index (Phi) is 5.07. The Balaban J connectivity index is 1.49. The van der Waals surface area contributed by atoms with Crippen LogP contribution in [0.15, 0.2) is 23.4 Å². The minimum absolute atomic E-state index is 0.165. The van der Waals surface area contributed by atoms with Crippen LogP contribution in [0.4, 0.5) is 0 Å². The Hall–Kier alpha value is -1.75. The molecule has 5 heteroatoms. The smallest absolute Gasteiger partial charge is 0.173 e. The third kappa shape index (κ3) is 3.41. The number of benzene rings is 1. The molecule has 26 heavy (non-hydrogen) atoms. The molecule has 2 aliphatic rings. The Labute approximate surface area is 159 Å². The number of ketones is 1. The van der Waals surface area contributed by atoms with Crippen molar-refractivity contribution in [2.45, 2.75) is 63.6 Å². The lowest BCUT2D eigenvalue weighted by Gasteiger charge is -2.26. The second-order valence-corrected chi connectivity index (χ2v) is 8.30. The molecule has 0 amide bonds. The molecule has 4 nitrogen and oxygen atoms in total. The van der Waals surface area contributed by atoms with E-state index < -0.39 is 0 Å². The van der Waals surface area contributed by atoms with Crippen molar-refractivity contribution in [2.75, 3.05) is 12.4 Å². The third-order valence-corrected chi connectivity index (χ3v) is 6.59. The number of Topliss-reactive ketones (excluding diaryl/α,β-unsaturated/α-hetero) is 1. The van der Waals surface area contributed by atoms with Gasteiger partial charge in [0.1, 0.15) is 5.75 Å². The summed E-state index contributed by atoms with van der Waals surface area (Å²) in [5.41, 5.74) is 4.27. The summed E-state index contributed by atoms with van der Waals surface area (Å²) in [6.07, 6.45) is 7.27. The summed E-state index contributed by atoms with van der Waals surface area (Å²) in [5.74, 6) is 1.52. The molecule has 0 saturated heterocycles. The first-order valence-electron chi connectivity index (χ1n) is 9.60. The predicted octanol–water partition coefficient (Wildman–Crippen LogP) is 4.92. The zero-order valence-electron chi connectivity index (χ0n) is 15.6. The second kappa shape index (κ2) is 7.47. The van der Waals surface area contributed by atoms with Crippen LogP contribution in [0.1, 0.15) is 65.5 Å². The molecular weight excluding hydrogens is 344 g/mol. The van der Waals surface area contributed by atoms with Crippen LogP contribution < -0.4 is 4.74 Å². The molecule has 1 saturated carbocycles. The van der Waals surface area contributed by atoms with Crippen molar-refractivity contribution in [3.8, 4) is 5.75 Å². The van der Waals surface area contributed by atoms with Gasteiger partial charge in [0.25, 0.3) is 0 Å². The van der Waals surface area contributed by atoms with Crippen molar-refractivity contribution in [1.82, 2.24) is 9.55 Å². The van der Waals surface area contributed by atoms with Gasteiger partial charge in [-0.15, -0.1) is 0 Å². The van der Waals surface area contributed by atoms with E-state index in [9.17, 15) is 4.79 Å². The van der Waals surface area contributed by atoms with Gasteiger partial charge in [0, 0.05) is 23.7 Å². The van der Waals surface area contributed by atoms with Crippen LogP contribution in [0.3, 0.4) is 0 Å². The molecule has 0 bridgehead atoms. The highest BCUT2D eigenvalue weighted by Crippen LogP contribution is 2.34. The van der Waals surface area contributed by atoms with Gasteiger partial charge < -0.3 is 9.30 Å². The Morgan fingerprint density at radius 3 is 2.88 bits per heavy atom. The van der Waals surface area contributed by atoms with Crippen LogP contribution in [0.5, 0.6) is 5.75 Å². The average molecular weight is 371 g/mol. The van der Waals surface area contributed by atoms with Gasteiger partial charge >= 0.3 is 0 Å². The molecule has 0 spiro atoms. The van der Waals surface area contributed by atoms with E-state index in [2.05, 4.69) is 18.4 Å². The normalized spacial score (nSPS) is 17.2. The highest BCUT2D eigenvalue weighted by molar-refractivity contribution is 7.99. The number of imidazole rings is 1. The molecule has 1 aliphatic carbocycles. The fourth-order valence-corrected chi connectivity index (χ4v) is 5.09. The van der Waals surface area contributed by atoms with E-state index in [4.69, 9.17) is 9.72 Å². The molecule has 138 valence electrons. The molecule has 0 unspecified atom stereocenters. The number of nitrogens with zero attached hydrogens (tertiary/aromatic N) is 2. The fraction of sp³-hybridized carbons (Fsp3) is 0.524. The van der Waals surface area contributed by atoms with Crippen molar-refractivity contribution >= 4 is 17.5 Å². The minimum atomic E-state index is 0.165. The lowest BCUT2D eigenvalue weighted by atomic mass is 9.95. The largest absolute Gasteiger partial charge is 0.493 e. The van der Waals surface area contributed by atoms with Crippen molar-refractivity contribution in [3.05, 3.63) is 40.7 Å². The van der Waals surface area contributed by atoms with Gasteiger partial charge in [0.05, 0.1) is 18.1 Å². The van der Waals surface area contributed by atoms with Crippen LogP contribution in [-0.2, 0) is 6.42 Å². The second-order valence-electron chi connectivity index (χ2n) is 7.36. The summed E-state index contributed by atoms with van der Waals surface area (Å²) in [7, 11) is 0. The number of thioether (sulfide) groups is 1. The predicted molar refractivity (Wildman–Crippen MR) is 105 cm³/mol. The maximum atomic E-state index is 12.7. The van der Waals surface area contributed by atoms with E-state index in [0.29, 0.717) is 11.8 Å². The van der Waals surface area contributed by atoms with E-state index in [-0.39, 0.29) is 5.78 Å². The quantitative estimate of drug-likeness (QED) is 0.554. The highest BCUT2D eigenvalue weighted by Gasteiger charge is 2.23. The number of ether oxygens (including phenoxy) is 1. The number of aryl methyl sites for hydroxylation is 1. The zero-order chi connectivity index (χ0) is 18.1. The first kappa shape index (κ1) is 17.7. The summed E-state index contributed by atoms with van der Waals surface area (Å²) in [6.45, 7) is 4.95. The Morgan fingerprint density at radius 1 is 1.27 bits per heavy atom. The van der Waals surface area contributed by atoms with Gasteiger partial charge in [0.15, 0.2) is 10.9 Å². The fourth-order valence-electron chi connectivity index (χ4n) is 4.04. The Bertz CT molecular complexity index is 822. The Morgan fingerprint density at radius 2 is 2.08 bits per heavy atom. The van der Waals surface area contributed by atoms with Crippen LogP contribution in [-0.4, -0.2) is 27.7 Å². The number of hydrogen-bond acceptors (Lipinski definition) is 4. The van der Waals surface area contributed by atoms with Gasteiger partial charge in [-0.2, -0.15) is 0 Å². The molecule has 2 heterocycles. The molecule has 1 aromatic carbocycles. The molecule has 0 N–H and O–H groups in total. The molecule has 1 aromatic heterocycles. The van der Waals surface area contributed by atoms with Crippen LogP contribution in [0.2, 0.25) is 0 Å². The van der Waals surface area contributed by atoms with Crippen LogP contribution >= 0.6 is 11.8 Å². The number of rotatable bonds is 5. The first-order valence-corrected chi connectivity index (χ1v) is 10.6. The SMILES string of the molecule is Cc1nc(SCC(=O)c2ccc3c(c2)CCO3)n(C2CCCCC2)c1C. The number of aromatic nitrogens is 2. The number of carbonyl (C=O) groups is 1. The average Bonchev–Trinajstić information content (AvgIpc) is 3.24. The lowest BCUT2D eigenvalue weighted by molar-refractivity contribution is 0.102.